The average molecular weight is 330 g/mol. The van der Waals surface area contributed by atoms with Crippen molar-refractivity contribution >= 4 is 19.7 Å². The summed E-state index contributed by atoms with van der Waals surface area (Å²) in [6.07, 6.45) is 1.21. The zero-order valence-corrected chi connectivity index (χ0v) is 13.1. The van der Waals surface area contributed by atoms with Gasteiger partial charge in [-0.2, -0.15) is 0 Å². The maximum Gasteiger partial charge on any atom is 0.296 e. The number of para-hydroxylation sites is 1. The summed E-state index contributed by atoms with van der Waals surface area (Å²) < 4.78 is 30.0. The number of benzene rings is 1. The van der Waals surface area contributed by atoms with Gasteiger partial charge in [-0.15, -0.1) is 10.2 Å². The topological polar surface area (TPSA) is 74.1 Å². The lowest BCUT2D eigenvalue weighted by atomic mass is 10.3. The monoisotopic (exact) mass is 329 g/mol. The second-order valence-corrected chi connectivity index (χ2v) is 6.86. The highest BCUT2D eigenvalue weighted by atomic mass is 35.7. The molecule has 0 unspecified atom stereocenters. The maximum atomic E-state index is 11.4. The highest BCUT2D eigenvalue weighted by Gasteiger charge is 2.21. The minimum Gasteiger partial charge on any atom is -0.493 e. The van der Waals surface area contributed by atoms with Gasteiger partial charge >= 0.3 is 0 Å². The molecule has 1 heterocycles. The van der Waals surface area contributed by atoms with Crippen molar-refractivity contribution in [1.29, 1.82) is 0 Å². The van der Waals surface area contributed by atoms with E-state index in [-0.39, 0.29) is 5.16 Å². The van der Waals surface area contributed by atoms with Gasteiger partial charge in [0.25, 0.3) is 14.2 Å². The molecule has 0 N–H and O–H groups in total. The molecule has 6 nitrogen and oxygen atoms in total. The number of nitrogens with zero attached hydrogens (tertiary/aromatic N) is 3. The van der Waals surface area contributed by atoms with Crippen LogP contribution in [0.3, 0.4) is 0 Å². The molecule has 0 aliphatic rings. The smallest absolute Gasteiger partial charge is 0.296 e. The molecule has 0 amide bonds. The van der Waals surface area contributed by atoms with Crippen molar-refractivity contribution in [2.75, 3.05) is 6.61 Å². The maximum absolute atomic E-state index is 11.4. The summed E-state index contributed by atoms with van der Waals surface area (Å²) in [7, 11) is 1.47. The van der Waals surface area contributed by atoms with Crippen LogP contribution in [0.1, 0.15) is 19.2 Å². The van der Waals surface area contributed by atoms with Gasteiger partial charge in [-0.1, -0.05) is 25.1 Å². The van der Waals surface area contributed by atoms with Crippen LogP contribution < -0.4 is 4.74 Å². The second-order valence-electron chi connectivity index (χ2n) is 4.40. The molecule has 2 rings (SSSR count). The average Bonchev–Trinajstić information content (AvgIpc) is 2.84. The van der Waals surface area contributed by atoms with E-state index in [2.05, 4.69) is 10.2 Å². The molecule has 114 valence electrons. The quantitative estimate of drug-likeness (QED) is 0.728. The van der Waals surface area contributed by atoms with Crippen molar-refractivity contribution in [3.63, 3.8) is 0 Å². The van der Waals surface area contributed by atoms with Gasteiger partial charge < -0.3 is 9.30 Å². The molecular weight excluding hydrogens is 314 g/mol. The Kier molecular flexibility index (Phi) is 5.19. The van der Waals surface area contributed by atoms with Crippen molar-refractivity contribution in [1.82, 2.24) is 14.8 Å². The van der Waals surface area contributed by atoms with Gasteiger partial charge in [0.1, 0.15) is 11.6 Å². The first-order chi connectivity index (χ1) is 10.0. The van der Waals surface area contributed by atoms with E-state index in [1.165, 1.54) is 4.57 Å². The molecule has 0 bridgehead atoms. The molecule has 1 aromatic heterocycles. The van der Waals surface area contributed by atoms with E-state index in [1.807, 2.05) is 37.3 Å². The van der Waals surface area contributed by atoms with E-state index < -0.39 is 9.05 Å². The molecular formula is C13H16ClN3O3S. The van der Waals surface area contributed by atoms with Crippen LogP contribution in [0.25, 0.3) is 0 Å². The van der Waals surface area contributed by atoms with E-state index >= 15 is 0 Å². The Bertz CT molecular complexity index is 686. The van der Waals surface area contributed by atoms with Crippen LogP contribution in [-0.4, -0.2) is 29.8 Å². The largest absolute Gasteiger partial charge is 0.493 e. The van der Waals surface area contributed by atoms with E-state index in [0.717, 1.165) is 12.2 Å². The van der Waals surface area contributed by atoms with Gasteiger partial charge in [0.2, 0.25) is 0 Å². The Balaban J connectivity index is 2.08. The number of halogens is 1. The van der Waals surface area contributed by atoms with Gasteiger partial charge in [0.05, 0.1) is 6.61 Å². The number of ether oxygens (including phenoxy) is 1. The Morgan fingerprint density at radius 2 is 1.95 bits per heavy atom. The number of hydrogen-bond donors (Lipinski definition) is 0. The molecule has 0 fully saturated rings. The molecule has 0 aliphatic heterocycles. The first-order valence-electron chi connectivity index (χ1n) is 6.57. The summed E-state index contributed by atoms with van der Waals surface area (Å²) in [5.74, 6) is 1.30. The lowest BCUT2D eigenvalue weighted by Crippen LogP contribution is -2.12. The number of aromatic nitrogens is 3. The van der Waals surface area contributed by atoms with Crippen LogP contribution in [0.15, 0.2) is 35.5 Å². The zero-order chi connectivity index (χ0) is 15.3. The molecule has 0 saturated carbocycles. The Morgan fingerprint density at radius 3 is 2.57 bits per heavy atom. The summed E-state index contributed by atoms with van der Waals surface area (Å²) in [5.41, 5.74) is 0. The molecule has 0 radical (unpaired) electrons. The van der Waals surface area contributed by atoms with Crippen molar-refractivity contribution in [3.05, 3.63) is 36.2 Å². The fourth-order valence-corrected chi connectivity index (χ4v) is 2.85. The van der Waals surface area contributed by atoms with Crippen LogP contribution in [0.2, 0.25) is 0 Å². The summed E-state index contributed by atoms with van der Waals surface area (Å²) in [6, 6.07) is 9.37. The zero-order valence-electron chi connectivity index (χ0n) is 11.6. The molecule has 2 aromatic rings. The van der Waals surface area contributed by atoms with E-state index in [4.69, 9.17) is 15.4 Å². The van der Waals surface area contributed by atoms with Crippen LogP contribution in [-0.2, 0) is 22.0 Å². The molecule has 8 heteroatoms. The number of rotatable bonds is 7. The first-order valence-corrected chi connectivity index (χ1v) is 8.88. The van der Waals surface area contributed by atoms with Gasteiger partial charge in [-0.3, -0.25) is 0 Å². The normalized spacial score (nSPS) is 11.5. The molecule has 0 saturated heterocycles. The van der Waals surface area contributed by atoms with Gasteiger partial charge in [0, 0.05) is 23.6 Å². The third-order valence-corrected chi connectivity index (χ3v) is 3.95. The summed E-state index contributed by atoms with van der Waals surface area (Å²) in [5, 5.41) is 7.36. The molecule has 0 aliphatic carbocycles. The first kappa shape index (κ1) is 15.8. The van der Waals surface area contributed by atoms with Crippen molar-refractivity contribution in [2.24, 2.45) is 0 Å². The highest BCUT2D eigenvalue weighted by Crippen LogP contribution is 2.15. The van der Waals surface area contributed by atoms with Crippen LogP contribution in [0, 0.1) is 0 Å². The molecule has 1 aromatic carbocycles. The van der Waals surface area contributed by atoms with Crippen molar-refractivity contribution in [2.45, 2.75) is 31.5 Å². The Morgan fingerprint density at radius 1 is 1.24 bits per heavy atom. The van der Waals surface area contributed by atoms with Gasteiger partial charge in [-0.25, -0.2) is 8.42 Å². The summed E-state index contributed by atoms with van der Waals surface area (Å²) in [6.45, 7) is 2.82. The van der Waals surface area contributed by atoms with Crippen LogP contribution >= 0.6 is 10.7 Å². The second kappa shape index (κ2) is 6.91. The molecule has 0 spiro atoms. The third kappa shape index (κ3) is 4.18. The lowest BCUT2D eigenvalue weighted by molar-refractivity contribution is 0.316. The standard InChI is InChI=1S/C13H16ClN3O3S/c1-2-9-17-12(15-16-13(17)21(14,18)19)8-10-20-11-6-4-3-5-7-11/h3-7H,2,8-10H2,1H3. The van der Waals surface area contributed by atoms with E-state index in [9.17, 15) is 8.42 Å². The Labute approximate surface area is 128 Å². The summed E-state index contributed by atoms with van der Waals surface area (Å²) >= 11 is 0. The van der Waals surface area contributed by atoms with Crippen LogP contribution in [0.5, 0.6) is 5.75 Å². The minimum absolute atomic E-state index is 0.208. The molecule has 21 heavy (non-hydrogen) atoms. The Hall–Kier alpha value is -1.60. The van der Waals surface area contributed by atoms with Crippen molar-refractivity contribution in [3.8, 4) is 5.75 Å². The number of hydrogen-bond acceptors (Lipinski definition) is 5. The lowest BCUT2D eigenvalue weighted by Gasteiger charge is -2.08. The van der Waals surface area contributed by atoms with Crippen LogP contribution in [0.4, 0.5) is 0 Å². The van der Waals surface area contributed by atoms with Crippen molar-refractivity contribution < 1.29 is 13.2 Å². The molecule has 0 atom stereocenters. The van der Waals surface area contributed by atoms with E-state index in [1.54, 1.807) is 0 Å². The summed E-state index contributed by atoms with van der Waals surface area (Å²) in [4.78, 5) is 0. The predicted molar refractivity (Wildman–Crippen MR) is 79.0 cm³/mol. The fourth-order valence-electron chi connectivity index (χ4n) is 1.91. The third-order valence-electron chi connectivity index (χ3n) is 2.80. The predicted octanol–water partition coefficient (Wildman–Crippen LogP) is 2.24. The highest BCUT2D eigenvalue weighted by molar-refractivity contribution is 8.13. The van der Waals surface area contributed by atoms with E-state index in [0.29, 0.717) is 25.4 Å². The minimum atomic E-state index is -3.89. The fraction of sp³-hybridized carbons (Fsp3) is 0.385. The van der Waals surface area contributed by atoms with Gasteiger partial charge in [-0.05, 0) is 18.6 Å². The SMILES string of the molecule is CCCn1c(CCOc2ccccc2)nnc1S(=O)(=O)Cl. The van der Waals surface area contributed by atoms with Gasteiger partial charge in [0.15, 0.2) is 0 Å².